The normalized spacial score (nSPS) is 15.2. The van der Waals surface area contributed by atoms with Crippen molar-refractivity contribution < 1.29 is 8.42 Å². The van der Waals surface area contributed by atoms with Gasteiger partial charge in [0.15, 0.2) is 0 Å². The second-order valence-corrected chi connectivity index (χ2v) is 6.93. The molecule has 0 aromatic heterocycles. The summed E-state index contributed by atoms with van der Waals surface area (Å²) >= 11 is 0. The minimum atomic E-state index is -3.62. The first-order valence-electron chi connectivity index (χ1n) is 7.29. The second kappa shape index (κ2) is 6.28. The minimum Gasteiger partial charge on any atom is -0.199 e. The van der Waals surface area contributed by atoms with Crippen molar-refractivity contribution in [2.75, 3.05) is 0 Å². The molecule has 1 aliphatic carbocycles. The predicted molar refractivity (Wildman–Crippen MR) is 89.5 cm³/mol. The zero-order valence-electron chi connectivity index (χ0n) is 12.1. The summed E-state index contributed by atoms with van der Waals surface area (Å²) < 4.78 is 28.2. The van der Waals surface area contributed by atoms with Gasteiger partial charge in [0.05, 0.1) is 4.90 Å². The molecule has 0 atom stereocenters. The van der Waals surface area contributed by atoms with Gasteiger partial charge >= 0.3 is 0 Å². The van der Waals surface area contributed by atoms with Gasteiger partial charge in [-0.3, -0.25) is 0 Å². The lowest BCUT2D eigenvalue weighted by atomic mass is 10.1. The van der Waals surface area contributed by atoms with E-state index in [2.05, 4.69) is 16.5 Å². The van der Waals surface area contributed by atoms with E-state index in [0.29, 0.717) is 0 Å². The number of fused-ring (bicyclic) bond motifs is 1. The molecule has 112 valence electrons. The van der Waals surface area contributed by atoms with Crippen molar-refractivity contribution >= 4 is 22.3 Å². The van der Waals surface area contributed by atoms with Gasteiger partial charge in [-0.1, -0.05) is 42.5 Å². The van der Waals surface area contributed by atoms with E-state index >= 15 is 0 Å². The molecule has 0 radical (unpaired) electrons. The zero-order chi connectivity index (χ0) is 15.4. The Morgan fingerprint density at radius 1 is 0.909 bits per heavy atom. The lowest BCUT2D eigenvalue weighted by Crippen LogP contribution is -1.98. The highest BCUT2D eigenvalue weighted by atomic mass is 32.2. The van der Waals surface area contributed by atoms with E-state index in [0.717, 1.165) is 30.4 Å². The van der Waals surface area contributed by atoms with Crippen LogP contribution in [0.5, 0.6) is 0 Å². The van der Waals surface area contributed by atoms with E-state index in [-0.39, 0.29) is 4.90 Å². The number of allylic oxidation sites excluding steroid dienone is 1. The summed E-state index contributed by atoms with van der Waals surface area (Å²) in [5.41, 5.74) is 3.40. The molecule has 0 fully saturated rings. The molecule has 0 bridgehead atoms. The Balaban J connectivity index is 1.88. The molecule has 22 heavy (non-hydrogen) atoms. The van der Waals surface area contributed by atoms with Crippen LogP contribution in [0.4, 0.5) is 0 Å². The summed E-state index contributed by atoms with van der Waals surface area (Å²) in [6, 6.07) is 16.5. The Hall–Kier alpha value is -2.20. The van der Waals surface area contributed by atoms with Gasteiger partial charge in [0.2, 0.25) is 0 Å². The van der Waals surface area contributed by atoms with Crippen LogP contribution in [0.1, 0.15) is 24.0 Å². The van der Waals surface area contributed by atoms with Gasteiger partial charge in [-0.25, -0.2) is 0 Å². The standard InChI is InChI=1S/C18H17NO2S/c20-22(21,18-11-2-1-3-12-18)19-14-15-7-6-10-16-8-4-5-9-17(16)13-15/h1-5,8-9,11-14H,6-7,10H2/b19-14+. The Morgan fingerprint density at radius 2 is 1.64 bits per heavy atom. The lowest BCUT2D eigenvalue weighted by Gasteiger charge is -2.00. The maximum Gasteiger partial charge on any atom is 0.282 e. The number of hydrogen-bond acceptors (Lipinski definition) is 2. The Kier molecular flexibility index (Phi) is 4.20. The number of hydrogen-bond donors (Lipinski definition) is 0. The molecule has 0 aliphatic heterocycles. The van der Waals surface area contributed by atoms with Crippen LogP contribution in [-0.2, 0) is 16.4 Å². The highest BCUT2D eigenvalue weighted by Crippen LogP contribution is 2.22. The van der Waals surface area contributed by atoms with Gasteiger partial charge in [0.1, 0.15) is 0 Å². The van der Waals surface area contributed by atoms with Crippen LogP contribution >= 0.6 is 0 Å². The molecule has 2 aromatic carbocycles. The van der Waals surface area contributed by atoms with Crippen LogP contribution in [-0.4, -0.2) is 14.6 Å². The summed E-state index contributed by atoms with van der Waals surface area (Å²) in [4.78, 5) is 0.223. The molecular formula is C18H17NO2S. The number of benzene rings is 2. The first-order valence-corrected chi connectivity index (χ1v) is 8.73. The van der Waals surface area contributed by atoms with Gasteiger partial charge < -0.3 is 0 Å². The molecule has 3 rings (SSSR count). The smallest absolute Gasteiger partial charge is 0.199 e. The third-order valence-electron chi connectivity index (χ3n) is 3.71. The van der Waals surface area contributed by atoms with Crippen LogP contribution in [0.25, 0.3) is 6.08 Å². The van der Waals surface area contributed by atoms with Gasteiger partial charge in [-0.15, -0.1) is 0 Å². The maximum atomic E-state index is 12.2. The van der Waals surface area contributed by atoms with Crippen LogP contribution < -0.4 is 0 Å². The monoisotopic (exact) mass is 311 g/mol. The van der Waals surface area contributed by atoms with E-state index < -0.39 is 10.0 Å². The molecular weight excluding hydrogens is 294 g/mol. The van der Waals surface area contributed by atoms with Crippen molar-refractivity contribution in [3.8, 4) is 0 Å². The van der Waals surface area contributed by atoms with Crippen molar-refractivity contribution in [1.82, 2.24) is 0 Å². The molecule has 0 saturated heterocycles. The predicted octanol–water partition coefficient (Wildman–Crippen LogP) is 3.87. The van der Waals surface area contributed by atoms with Gasteiger partial charge in [0, 0.05) is 6.21 Å². The first-order chi connectivity index (χ1) is 10.6. The largest absolute Gasteiger partial charge is 0.282 e. The third-order valence-corrected chi connectivity index (χ3v) is 4.96. The summed E-state index contributed by atoms with van der Waals surface area (Å²) in [5.74, 6) is 0. The summed E-state index contributed by atoms with van der Waals surface area (Å²) in [6.07, 6.45) is 6.37. The molecule has 0 unspecified atom stereocenters. The lowest BCUT2D eigenvalue weighted by molar-refractivity contribution is 0.598. The number of sulfonamides is 1. The summed E-state index contributed by atoms with van der Waals surface area (Å²) in [6.45, 7) is 0. The Labute approximate surface area is 131 Å². The van der Waals surface area contributed by atoms with E-state index in [9.17, 15) is 8.42 Å². The fraction of sp³-hybridized carbons (Fsp3) is 0.167. The van der Waals surface area contributed by atoms with Crippen molar-refractivity contribution in [2.45, 2.75) is 24.2 Å². The molecule has 3 nitrogen and oxygen atoms in total. The molecule has 0 amide bonds. The molecule has 2 aromatic rings. The zero-order valence-corrected chi connectivity index (χ0v) is 13.0. The van der Waals surface area contributed by atoms with Gasteiger partial charge in [-0.05, 0) is 54.2 Å². The average Bonchev–Trinajstić information content (AvgIpc) is 2.76. The molecule has 0 N–H and O–H groups in total. The number of rotatable bonds is 3. The molecule has 0 heterocycles. The fourth-order valence-corrected chi connectivity index (χ4v) is 3.45. The molecule has 0 spiro atoms. The Morgan fingerprint density at radius 3 is 2.45 bits per heavy atom. The topological polar surface area (TPSA) is 46.5 Å². The first kappa shape index (κ1) is 14.7. The number of aryl methyl sites for hydroxylation is 1. The van der Waals surface area contributed by atoms with Crippen molar-refractivity contribution in [1.29, 1.82) is 0 Å². The van der Waals surface area contributed by atoms with Crippen molar-refractivity contribution in [2.24, 2.45) is 4.40 Å². The average molecular weight is 311 g/mol. The van der Waals surface area contributed by atoms with Crippen molar-refractivity contribution in [3.63, 3.8) is 0 Å². The molecule has 4 heteroatoms. The summed E-state index contributed by atoms with van der Waals surface area (Å²) in [5, 5.41) is 0. The van der Waals surface area contributed by atoms with Crippen molar-refractivity contribution in [3.05, 3.63) is 71.3 Å². The second-order valence-electron chi connectivity index (χ2n) is 5.29. The Bertz CT molecular complexity index is 821. The highest BCUT2D eigenvalue weighted by Gasteiger charge is 2.12. The molecule has 0 saturated carbocycles. The quantitative estimate of drug-likeness (QED) is 0.808. The van der Waals surface area contributed by atoms with E-state index in [1.54, 1.807) is 30.3 Å². The van der Waals surface area contributed by atoms with E-state index in [1.165, 1.54) is 11.8 Å². The van der Waals surface area contributed by atoms with Crippen LogP contribution in [0.3, 0.4) is 0 Å². The minimum absolute atomic E-state index is 0.223. The highest BCUT2D eigenvalue weighted by molar-refractivity contribution is 7.90. The van der Waals surface area contributed by atoms with Gasteiger partial charge in [-0.2, -0.15) is 12.8 Å². The van der Waals surface area contributed by atoms with Crippen LogP contribution in [0, 0.1) is 0 Å². The molecule has 1 aliphatic rings. The third kappa shape index (κ3) is 3.34. The van der Waals surface area contributed by atoms with Gasteiger partial charge in [0.25, 0.3) is 10.0 Å². The van der Waals surface area contributed by atoms with Crippen LogP contribution in [0.2, 0.25) is 0 Å². The van der Waals surface area contributed by atoms with E-state index in [4.69, 9.17) is 0 Å². The number of nitrogens with zero attached hydrogens (tertiary/aromatic N) is 1. The summed E-state index contributed by atoms with van der Waals surface area (Å²) in [7, 11) is -3.62. The SMILES string of the molecule is O=S(=O)(/N=C/C1=Cc2ccccc2CCC1)c1ccccc1. The maximum absolute atomic E-state index is 12.2. The van der Waals surface area contributed by atoms with Crippen LogP contribution in [0.15, 0.2) is 69.5 Å². The fourth-order valence-electron chi connectivity index (χ4n) is 2.55. The van der Waals surface area contributed by atoms with E-state index in [1.807, 2.05) is 18.2 Å².